The molecule has 0 bridgehead atoms. The summed E-state index contributed by atoms with van der Waals surface area (Å²) in [6.45, 7) is 3.71. The Bertz CT molecular complexity index is 1550. The molecule has 37 heavy (non-hydrogen) atoms. The van der Waals surface area contributed by atoms with Gasteiger partial charge in [-0.15, -0.1) is 0 Å². The fourth-order valence-electron chi connectivity index (χ4n) is 4.12. The molecule has 7 nitrogen and oxygen atoms in total. The van der Waals surface area contributed by atoms with Gasteiger partial charge in [0.15, 0.2) is 0 Å². The summed E-state index contributed by atoms with van der Waals surface area (Å²) >= 11 is 0. The van der Waals surface area contributed by atoms with E-state index in [4.69, 9.17) is 4.98 Å². The van der Waals surface area contributed by atoms with Crippen molar-refractivity contribution in [3.8, 4) is 0 Å². The van der Waals surface area contributed by atoms with E-state index < -0.39 is 10.0 Å². The number of nitrogens with one attached hydrogen (secondary N) is 1. The van der Waals surface area contributed by atoms with Gasteiger partial charge >= 0.3 is 0 Å². The third kappa shape index (κ3) is 6.17. The zero-order valence-corrected chi connectivity index (χ0v) is 21.3. The Morgan fingerprint density at radius 2 is 1.35 bits per heavy atom. The van der Waals surface area contributed by atoms with Crippen LogP contribution in [-0.2, 0) is 29.7 Å². The molecule has 5 rings (SSSR count). The summed E-state index contributed by atoms with van der Waals surface area (Å²) in [4.78, 5) is 16.3. The Morgan fingerprint density at radius 3 is 1.97 bits per heavy atom. The van der Waals surface area contributed by atoms with Crippen LogP contribution in [0.25, 0.3) is 10.9 Å². The molecular formula is C29H27N5O2S. The third-order valence-corrected chi connectivity index (χ3v) is 7.34. The maximum atomic E-state index is 13.1. The highest BCUT2D eigenvalue weighted by molar-refractivity contribution is 7.92. The van der Waals surface area contributed by atoms with E-state index >= 15 is 0 Å². The predicted molar refractivity (Wildman–Crippen MR) is 145 cm³/mol. The predicted octanol–water partition coefficient (Wildman–Crippen LogP) is 5.34. The quantitative estimate of drug-likeness (QED) is 0.289. The molecular weight excluding hydrogens is 482 g/mol. The van der Waals surface area contributed by atoms with Gasteiger partial charge in [-0.1, -0.05) is 48.0 Å². The smallest absolute Gasteiger partial charge is 0.261 e. The molecule has 0 radical (unpaired) electrons. The zero-order valence-electron chi connectivity index (χ0n) is 20.4. The molecule has 186 valence electrons. The molecule has 3 heterocycles. The van der Waals surface area contributed by atoms with E-state index in [1.165, 1.54) is 0 Å². The topological polar surface area (TPSA) is 88.1 Å². The fourth-order valence-corrected chi connectivity index (χ4v) is 5.18. The number of hydrogen-bond donors (Lipinski definition) is 1. The van der Waals surface area contributed by atoms with Crippen molar-refractivity contribution in [2.24, 2.45) is 0 Å². The molecule has 8 heteroatoms. The van der Waals surface area contributed by atoms with E-state index in [0.29, 0.717) is 30.8 Å². The number of fused-ring (bicyclic) bond motifs is 1. The van der Waals surface area contributed by atoms with Gasteiger partial charge in [0.25, 0.3) is 10.0 Å². The highest BCUT2D eigenvalue weighted by atomic mass is 32.2. The average Bonchev–Trinajstić information content (AvgIpc) is 2.90. The van der Waals surface area contributed by atoms with Crippen molar-refractivity contribution in [2.45, 2.75) is 31.5 Å². The minimum atomic E-state index is -3.76. The highest BCUT2D eigenvalue weighted by Crippen LogP contribution is 2.25. The van der Waals surface area contributed by atoms with Crippen LogP contribution in [0.3, 0.4) is 0 Å². The van der Waals surface area contributed by atoms with E-state index in [1.807, 2.05) is 67.6 Å². The SMILES string of the molecule is Cc1ccc(S(=O)(=O)Nc2cccc3ccc(CN(Cc4ccccn4)Cc4ccccn4)nc23)cc1. The number of hydrogen-bond acceptors (Lipinski definition) is 6. The van der Waals surface area contributed by atoms with Crippen LogP contribution in [-0.4, -0.2) is 28.3 Å². The molecule has 0 saturated carbocycles. The molecule has 0 fully saturated rings. The van der Waals surface area contributed by atoms with Crippen LogP contribution in [0.5, 0.6) is 0 Å². The number of benzene rings is 2. The molecule has 0 aliphatic heterocycles. The molecule has 0 saturated heterocycles. The number of pyridine rings is 3. The Hall–Kier alpha value is -4.14. The van der Waals surface area contributed by atoms with Crippen molar-refractivity contribution in [3.05, 3.63) is 126 Å². The van der Waals surface area contributed by atoms with E-state index in [1.54, 1.807) is 42.7 Å². The van der Waals surface area contributed by atoms with Crippen LogP contribution in [0.1, 0.15) is 22.6 Å². The van der Waals surface area contributed by atoms with Crippen LogP contribution in [0.2, 0.25) is 0 Å². The van der Waals surface area contributed by atoms with Crippen LogP contribution in [0, 0.1) is 6.92 Å². The molecule has 0 aliphatic rings. The second kappa shape index (κ2) is 10.9. The van der Waals surface area contributed by atoms with Gasteiger partial charge in [0, 0.05) is 37.4 Å². The maximum Gasteiger partial charge on any atom is 0.261 e. The molecule has 0 unspecified atom stereocenters. The average molecular weight is 510 g/mol. The monoisotopic (exact) mass is 509 g/mol. The molecule has 2 aromatic carbocycles. The summed E-state index contributed by atoms with van der Waals surface area (Å²) in [5.41, 5.74) is 4.77. The van der Waals surface area contributed by atoms with Gasteiger partial charge in [-0.05, 0) is 55.5 Å². The van der Waals surface area contributed by atoms with Gasteiger partial charge in [0.05, 0.1) is 33.2 Å². The number of anilines is 1. The minimum absolute atomic E-state index is 0.211. The lowest BCUT2D eigenvalue weighted by Gasteiger charge is -2.21. The van der Waals surface area contributed by atoms with Gasteiger partial charge in [0.2, 0.25) is 0 Å². The number of nitrogens with zero attached hydrogens (tertiary/aromatic N) is 4. The molecule has 0 atom stereocenters. The normalized spacial score (nSPS) is 11.6. The molecule has 3 aromatic heterocycles. The highest BCUT2D eigenvalue weighted by Gasteiger charge is 2.17. The largest absolute Gasteiger partial charge is 0.286 e. The van der Waals surface area contributed by atoms with Crippen molar-refractivity contribution in [2.75, 3.05) is 4.72 Å². The van der Waals surface area contributed by atoms with E-state index in [2.05, 4.69) is 19.6 Å². The first-order valence-corrected chi connectivity index (χ1v) is 13.4. The molecule has 5 aromatic rings. The van der Waals surface area contributed by atoms with Gasteiger partial charge < -0.3 is 0 Å². The van der Waals surface area contributed by atoms with Crippen molar-refractivity contribution < 1.29 is 8.42 Å². The van der Waals surface area contributed by atoms with Gasteiger partial charge in [-0.25, -0.2) is 13.4 Å². The van der Waals surface area contributed by atoms with E-state index in [9.17, 15) is 8.42 Å². The minimum Gasteiger partial charge on any atom is -0.286 e. The lowest BCUT2D eigenvalue weighted by molar-refractivity contribution is 0.239. The summed E-state index contributed by atoms with van der Waals surface area (Å²) in [5.74, 6) is 0. The molecule has 0 spiro atoms. The summed E-state index contributed by atoms with van der Waals surface area (Å²) in [5, 5.41) is 0.855. The van der Waals surface area contributed by atoms with Crippen molar-refractivity contribution in [1.29, 1.82) is 0 Å². The summed E-state index contributed by atoms with van der Waals surface area (Å²) in [6, 6.07) is 28.0. The van der Waals surface area contributed by atoms with Crippen LogP contribution >= 0.6 is 0 Å². The molecule has 1 N–H and O–H groups in total. The second-order valence-corrected chi connectivity index (χ2v) is 10.6. The van der Waals surface area contributed by atoms with Gasteiger partial charge in [0.1, 0.15) is 0 Å². The Labute approximate surface area is 216 Å². The Balaban J connectivity index is 1.44. The summed E-state index contributed by atoms with van der Waals surface area (Å²) < 4.78 is 28.9. The second-order valence-electron chi connectivity index (χ2n) is 8.89. The van der Waals surface area contributed by atoms with Crippen LogP contribution < -0.4 is 4.72 Å². The first-order valence-electron chi connectivity index (χ1n) is 12.0. The Morgan fingerprint density at radius 1 is 0.703 bits per heavy atom. The number of sulfonamides is 1. The lowest BCUT2D eigenvalue weighted by Crippen LogP contribution is -2.24. The van der Waals surface area contributed by atoms with Crippen molar-refractivity contribution in [3.63, 3.8) is 0 Å². The van der Waals surface area contributed by atoms with Crippen molar-refractivity contribution in [1.82, 2.24) is 19.9 Å². The first kappa shape index (κ1) is 24.5. The first-order chi connectivity index (χ1) is 18.0. The summed E-state index contributed by atoms with van der Waals surface area (Å²) in [7, 11) is -3.76. The maximum absolute atomic E-state index is 13.1. The number of aryl methyl sites for hydroxylation is 1. The molecule has 0 aliphatic carbocycles. The zero-order chi connectivity index (χ0) is 25.7. The van der Waals surface area contributed by atoms with E-state index in [-0.39, 0.29) is 4.90 Å². The lowest BCUT2D eigenvalue weighted by atomic mass is 10.1. The molecule has 0 amide bonds. The number of para-hydroxylation sites is 1. The van der Waals surface area contributed by atoms with Crippen molar-refractivity contribution >= 4 is 26.6 Å². The Kier molecular flexibility index (Phi) is 7.20. The van der Waals surface area contributed by atoms with E-state index in [0.717, 1.165) is 28.0 Å². The fraction of sp³-hybridized carbons (Fsp3) is 0.138. The van der Waals surface area contributed by atoms with Crippen LogP contribution in [0.15, 0.2) is 108 Å². The number of rotatable bonds is 9. The third-order valence-electron chi connectivity index (χ3n) is 5.96. The standard InChI is InChI=1S/C29H27N5O2S/c1-22-11-15-27(16-12-22)37(35,36)33-28-10-6-7-23-13-14-26(32-29(23)28)21-34(19-24-8-2-4-17-30-24)20-25-9-3-5-18-31-25/h2-18,33H,19-21H2,1H3. The van der Waals surface area contributed by atoms with Crippen LogP contribution in [0.4, 0.5) is 5.69 Å². The summed E-state index contributed by atoms with van der Waals surface area (Å²) in [6.07, 6.45) is 3.57. The van der Waals surface area contributed by atoms with Gasteiger partial charge in [-0.3, -0.25) is 19.6 Å². The number of aromatic nitrogens is 3. The van der Waals surface area contributed by atoms with Gasteiger partial charge in [-0.2, -0.15) is 0 Å².